The molecule has 1 aliphatic rings. The number of carbonyl (C=O) groups is 2. The first-order valence-corrected chi connectivity index (χ1v) is 5.37. The highest BCUT2D eigenvalue weighted by Gasteiger charge is 2.25. The number of hydrogen-bond acceptors (Lipinski definition) is 4. The Kier molecular flexibility index (Phi) is 4.70. The van der Waals surface area contributed by atoms with Gasteiger partial charge in [0.05, 0.1) is 12.1 Å². The third-order valence-corrected chi connectivity index (χ3v) is 2.88. The minimum atomic E-state index is -0.951. The summed E-state index contributed by atoms with van der Waals surface area (Å²) in [4.78, 5) is 23.3. The molecule has 1 aliphatic heterocycles. The fourth-order valence-electron chi connectivity index (χ4n) is 1.80. The van der Waals surface area contributed by atoms with Crippen LogP contribution in [0.25, 0.3) is 0 Å². The van der Waals surface area contributed by atoms with Gasteiger partial charge in [-0.2, -0.15) is 0 Å². The van der Waals surface area contributed by atoms with Crippen molar-refractivity contribution in [2.45, 2.75) is 31.9 Å². The minimum absolute atomic E-state index is 0.0209. The lowest BCUT2D eigenvalue weighted by molar-refractivity contribution is -0.145. The molecule has 0 spiro atoms. The molecule has 1 heterocycles. The molecule has 3 N–H and O–H groups in total. The topological polar surface area (TPSA) is 92.9 Å². The van der Waals surface area contributed by atoms with E-state index in [1.54, 1.807) is 6.92 Å². The van der Waals surface area contributed by atoms with Gasteiger partial charge in [-0.15, -0.1) is 0 Å². The van der Waals surface area contributed by atoms with Gasteiger partial charge in [0.2, 0.25) is 5.91 Å². The van der Waals surface area contributed by atoms with E-state index >= 15 is 0 Å². The van der Waals surface area contributed by atoms with Gasteiger partial charge in [-0.05, 0) is 19.8 Å². The number of nitrogens with two attached hydrogens (primary N) is 1. The number of carbonyl (C=O) groups excluding carboxylic acids is 1. The van der Waals surface area contributed by atoms with E-state index < -0.39 is 5.97 Å². The molecular weight excluding hydrogens is 212 g/mol. The molecule has 92 valence electrons. The summed E-state index contributed by atoms with van der Waals surface area (Å²) < 4.78 is 5.19. The van der Waals surface area contributed by atoms with E-state index in [4.69, 9.17) is 15.6 Å². The molecule has 16 heavy (non-hydrogen) atoms. The smallest absolute Gasteiger partial charge is 0.329 e. The van der Waals surface area contributed by atoms with Crippen molar-refractivity contribution < 1.29 is 19.4 Å². The Bertz CT molecular complexity index is 262. The number of ether oxygens (including phenoxy) is 1. The molecule has 0 radical (unpaired) electrons. The van der Waals surface area contributed by atoms with Crippen LogP contribution in [0, 0.1) is 0 Å². The van der Waals surface area contributed by atoms with Crippen LogP contribution in [0.4, 0.5) is 0 Å². The lowest BCUT2D eigenvalue weighted by Gasteiger charge is -2.34. The number of rotatable bonds is 5. The van der Waals surface area contributed by atoms with Gasteiger partial charge in [0, 0.05) is 13.1 Å². The average molecular weight is 230 g/mol. The lowest BCUT2D eigenvalue weighted by atomic mass is 10.1. The minimum Gasteiger partial charge on any atom is -0.480 e. The maximum absolute atomic E-state index is 11.0. The van der Waals surface area contributed by atoms with E-state index in [1.165, 1.54) is 0 Å². The van der Waals surface area contributed by atoms with Gasteiger partial charge in [0.1, 0.15) is 6.61 Å². The largest absolute Gasteiger partial charge is 0.480 e. The van der Waals surface area contributed by atoms with Crippen LogP contribution in [0.2, 0.25) is 0 Å². The summed E-state index contributed by atoms with van der Waals surface area (Å²) in [6.07, 6.45) is 1.46. The van der Waals surface area contributed by atoms with E-state index in [0.29, 0.717) is 13.1 Å². The van der Waals surface area contributed by atoms with Gasteiger partial charge in [-0.3, -0.25) is 9.69 Å². The first-order valence-electron chi connectivity index (χ1n) is 5.37. The highest BCUT2D eigenvalue weighted by molar-refractivity contribution is 5.79. The Morgan fingerprint density at radius 1 is 1.50 bits per heavy atom. The van der Waals surface area contributed by atoms with Crippen molar-refractivity contribution in [3.63, 3.8) is 0 Å². The summed E-state index contributed by atoms with van der Waals surface area (Å²) in [6.45, 7) is 2.96. The molecule has 0 aromatic rings. The Hall–Kier alpha value is -1.14. The second-order valence-corrected chi connectivity index (χ2v) is 4.02. The van der Waals surface area contributed by atoms with Gasteiger partial charge in [0.25, 0.3) is 0 Å². The summed E-state index contributed by atoms with van der Waals surface area (Å²) in [6, 6.07) is -0.263. The molecule has 0 saturated carbocycles. The average Bonchev–Trinajstić information content (AvgIpc) is 2.26. The molecule has 1 rings (SSSR count). The van der Waals surface area contributed by atoms with E-state index in [2.05, 4.69) is 0 Å². The molecule has 1 amide bonds. The van der Waals surface area contributed by atoms with Crippen molar-refractivity contribution in [2.75, 3.05) is 19.7 Å². The van der Waals surface area contributed by atoms with Crippen LogP contribution in [0.5, 0.6) is 0 Å². The van der Waals surface area contributed by atoms with Crippen LogP contribution in [-0.4, -0.2) is 53.7 Å². The molecule has 0 aromatic carbocycles. The zero-order chi connectivity index (χ0) is 12.1. The fraction of sp³-hybridized carbons (Fsp3) is 0.800. The molecule has 0 aromatic heterocycles. The summed E-state index contributed by atoms with van der Waals surface area (Å²) in [5, 5.41) is 8.46. The van der Waals surface area contributed by atoms with E-state index in [-0.39, 0.29) is 24.7 Å². The standard InChI is InChI=1S/C10H18N2O4/c1-7(10(11)15)12-4-2-8(3-5-12)16-6-9(13)14/h7-8H,2-6H2,1H3,(H2,11,15)(H,13,14). The molecule has 1 unspecified atom stereocenters. The van der Waals surface area contributed by atoms with Gasteiger partial charge in [-0.25, -0.2) is 4.79 Å². The predicted octanol–water partition coefficient (Wildman–Crippen LogP) is -0.574. The monoisotopic (exact) mass is 230 g/mol. The van der Waals surface area contributed by atoms with Gasteiger partial charge in [0.15, 0.2) is 0 Å². The van der Waals surface area contributed by atoms with Gasteiger partial charge < -0.3 is 15.6 Å². The third kappa shape index (κ3) is 3.79. The van der Waals surface area contributed by atoms with Crippen molar-refractivity contribution in [1.29, 1.82) is 0 Å². The third-order valence-electron chi connectivity index (χ3n) is 2.88. The van der Waals surface area contributed by atoms with Crippen molar-refractivity contribution in [1.82, 2.24) is 4.90 Å². The highest BCUT2D eigenvalue weighted by atomic mass is 16.5. The highest BCUT2D eigenvalue weighted by Crippen LogP contribution is 2.15. The quantitative estimate of drug-likeness (QED) is 0.659. The summed E-state index contributed by atoms with van der Waals surface area (Å²) in [5.74, 6) is -1.28. The molecule has 6 nitrogen and oxygen atoms in total. The van der Waals surface area contributed by atoms with Crippen LogP contribution in [0.15, 0.2) is 0 Å². The fourth-order valence-corrected chi connectivity index (χ4v) is 1.80. The first kappa shape index (κ1) is 12.9. The van der Waals surface area contributed by atoms with Crippen molar-refractivity contribution >= 4 is 11.9 Å². The predicted molar refractivity (Wildman–Crippen MR) is 56.8 cm³/mol. The number of primary amides is 1. The summed E-state index contributed by atoms with van der Waals surface area (Å²) in [5.41, 5.74) is 5.21. The summed E-state index contributed by atoms with van der Waals surface area (Å²) >= 11 is 0. The molecule has 6 heteroatoms. The summed E-state index contributed by atoms with van der Waals surface area (Å²) in [7, 11) is 0. The van der Waals surface area contributed by atoms with E-state index in [9.17, 15) is 9.59 Å². The first-order chi connectivity index (χ1) is 7.50. The van der Waals surface area contributed by atoms with Crippen molar-refractivity contribution in [3.05, 3.63) is 0 Å². The van der Waals surface area contributed by atoms with Gasteiger partial charge >= 0.3 is 5.97 Å². The SMILES string of the molecule is CC(C(N)=O)N1CCC(OCC(=O)O)CC1. The van der Waals surface area contributed by atoms with Crippen LogP contribution in [-0.2, 0) is 14.3 Å². The molecule has 1 saturated heterocycles. The number of nitrogens with zero attached hydrogens (tertiary/aromatic N) is 1. The second-order valence-electron chi connectivity index (χ2n) is 4.02. The number of hydrogen-bond donors (Lipinski definition) is 2. The van der Waals surface area contributed by atoms with Crippen LogP contribution >= 0.6 is 0 Å². The lowest BCUT2D eigenvalue weighted by Crippen LogP contribution is -2.47. The molecule has 0 aliphatic carbocycles. The van der Waals surface area contributed by atoms with E-state index in [1.807, 2.05) is 4.90 Å². The number of carboxylic acids is 1. The Morgan fingerprint density at radius 2 is 2.06 bits per heavy atom. The second kappa shape index (κ2) is 5.81. The van der Waals surface area contributed by atoms with Crippen molar-refractivity contribution in [2.24, 2.45) is 5.73 Å². The Morgan fingerprint density at radius 3 is 2.50 bits per heavy atom. The Balaban J connectivity index is 2.28. The van der Waals surface area contributed by atoms with E-state index in [0.717, 1.165) is 12.8 Å². The van der Waals surface area contributed by atoms with Gasteiger partial charge in [-0.1, -0.05) is 0 Å². The van der Waals surface area contributed by atoms with Crippen LogP contribution < -0.4 is 5.73 Å². The van der Waals surface area contributed by atoms with Crippen LogP contribution in [0.3, 0.4) is 0 Å². The molecule has 0 bridgehead atoms. The maximum atomic E-state index is 11.0. The number of piperidine rings is 1. The normalized spacial score (nSPS) is 20.6. The number of amides is 1. The number of carboxylic acid groups (broad SMARTS) is 1. The maximum Gasteiger partial charge on any atom is 0.329 e. The zero-order valence-electron chi connectivity index (χ0n) is 9.39. The molecule has 1 atom stereocenters. The van der Waals surface area contributed by atoms with Crippen LogP contribution in [0.1, 0.15) is 19.8 Å². The number of aliphatic carboxylic acids is 1. The van der Waals surface area contributed by atoms with Crippen molar-refractivity contribution in [3.8, 4) is 0 Å². The Labute approximate surface area is 94.3 Å². The molecular formula is C10H18N2O4. The zero-order valence-corrected chi connectivity index (χ0v) is 9.39. The number of likely N-dealkylation sites (tertiary alicyclic amines) is 1. The molecule has 1 fully saturated rings.